The number of rotatable bonds is 5. The minimum atomic E-state index is -5.73. The quantitative estimate of drug-likeness (QED) is 0.0746. The first-order valence-corrected chi connectivity index (χ1v) is 40.6. The first kappa shape index (κ1) is 75.3. The molecule has 0 spiro atoms. The van der Waals surface area contributed by atoms with Gasteiger partial charge in [0.05, 0.1) is 0 Å². The Bertz CT molecular complexity index is 6570. The number of halogens is 7. The maximum atomic E-state index is 12.6. The molecule has 0 N–H and O–H groups in total. The molecule has 0 radical (unpaired) electrons. The van der Waals surface area contributed by atoms with Crippen molar-refractivity contribution in [2.24, 2.45) is 0 Å². The normalized spacial score (nSPS) is 11.6. The summed E-state index contributed by atoms with van der Waals surface area (Å²) in [6.07, 6.45) is 0.873. The predicted octanol–water partition coefficient (Wildman–Crippen LogP) is 29.8. The Hall–Kier alpha value is -11.1. The van der Waals surface area contributed by atoms with E-state index in [9.17, 15) is 26.4 Å². The lowest BCUT2D eigenvalue weighted by molar-refractivity contribution is -0.0499. The number of fused-ring (bicyclic) bond motifs is 11. The van der Waals surface area contributed by atoms with E-state index in [0.717, 1.165) is 37.6 Å². The topological polar surface area (TPSA) is 60.4 Å². The highest BCUT2D eigenvalue weighted by molar-refractivity contribution is 14.1. The van der Waals surface area contributed by atoms with Gasteiger partial charge in [0, 0.05) is 38.9 Å². The van der Waals surface area contributed by atoms with E-state index >= 15 is 0 Å². The van der Waals surface area contributed by atoms with Crippen LogP contribution in [0.4, 0.5) is 13.2 Å². The van der Waals surface area contributed by atoms with Gasteiger partial charge in [-0.05, 0) is 236 Å². The monoisotopic (exact) mass is 1770 g/mol. The van der Waals surface area contributed by atoms with Crippen LogP contribution in [0.25, 0.3) is 130 Å². The minimum absolute atomic E-state index is 0.160. The summed E-state index contributed by atoms with van der Waals surface area (Å²) in [6.45, 7) is 0. The van der Waals surface area contributed by atoms with E-state index in [-0.39, 0.29) is 11.5 Å². The highest BCUT2D eigenvalue weighted by Gasteiger charge is 2.49. The molecule has 0 bridgehead atoms. The molecule has 0 atom stereocenters. The van der Waals surface area contributed by atoms with Gasteiger partial charge in [-0.3, -0.25) is 4.79 Å². The zero-order chi connectivity index (χ0) is 76.6. The second kappa shape index (κ2) is 33.6. The molecule has 0 aromatic heterocycles. The summed E-state index contributed by atoms with van der Waals surface area (Å²) in [5, 5.41) is 19.8. The Balaban J connectivity index is 0.000000108. The van der Waals surface area contributed by atoms with Crippen LogP contribution in [0.5, 0.6) is 5.75 Å². The lowest BCUT2D eigenvalue weighted by Gasteiger charge is -2.17. The fourth-order valence-corrected chi connectivity index (χ4v) is 16.4. The summed E-state index contributed by atoms with van der Waals surface area (Å²) in [7, 11) is -5.73. The predicted molar refractivity (Wildman–Crippen MR) is 477 cm³/mol. The number of hydrogen-bond donors (Lipinski definition) is 0. The van der Waals surface area contributed by atoms with Crippen molar-refractivity contribution >= 4 is 183 Å². The van der Waals surface area contributed by atoms with E-state index in [4.69, 9.17) is 0 Å². The molecule has 12 heteroatoms. The van der Waals surface area contributed by atoms with Gasteiger partial charge in [0.2, 0.25) is 0 Å². The molecule has 19 aromatic carbocycles. The average molecular weight is 1770 g/mol. The fourth-order valence-electron chi connectivity index (χ4n) is 14.3. The van der Waals surface area contributed by atoms with E-state index in [1.807, 2.05) is 60.7 Å². The molecule has 20 rings (SSSR count). The van der Waals surface area contributed by atoms with Gasteiger partial charge in [-0.25, -0.2) is 0 Å². The number of hydrogen-bond acceptors (Lipinski definition) is 4. The summed E-state index contributed by atoms with van der Waals surface area (Å²) in [6, 6.07) is 130. The summed E-state index contributed by atoms with van der Waals surface area (Å²) in [5.41, 5.74) is 6.23. The summed E-state index contributed by atoms with van der Waals surface area (Å²) >= 11 is 12.9. The van der Waals surface area contributed by atoms with Crippen LogP contribution in [0.1, 0.15) is 27.0 Å². The van der Waals surface area contributed by atoms with Gasteiger partial charge >= 0.3 is 15.6 Å². The van der Waals surface area contributed by atoms with Crippen LogP contribution in [-0.2, 0) is 16.5 Å². The maximum absolute atomic E-state index is 12.6. The average Bonchev–Trinajstić information content (AvgIpc) is 0.984. The molecule has 1 aliphatic rings. The van der Waals surface area contributed by atoms with Crippen LogP contribution >= 0.6 is 70.4 Å². The zero-order valence-corrected chi connectivity index (χ0v) is 67.0. The first-order chi connectivity index (χ1) is 54.0. The maximum Gasteiger partial charge on any atom is 0.534 e. The molecule has 1 aliphatic carbocycles. The van der Waals surface area contributed by atoms with Gasteiger partial charge in [-0.15, -0.1) is 0 Å². The molecule has 0 saturated carbocycles. The molecule has 19 aromatic rings. The van der Waals surface area contributed by atoms with Gasteiger partial charge < -0.3 is 4.18 Å². The van der Waals surface area contributed by atoms with Crippen LogP contribution in [-0.4, -0.2) is 19.7 Å². The molecule has 0 amide bonds. The highest BCUT2D eigenvalue weighted by atomic mass is 127. The number of carbonyl (C=O) groups excluding carboxylic acids is 1. The van der Waals surface area contributed by atoms with Gasteiger partial charge in [0.15, 0.2) is 11.5 Å². The Morgan fingerprint density at radius 1 is 0.297 bits per heavy atom. The Morgan fingerprint density at radius 3 is 1.07 bits per heavy atom. The van der Waals surface area contributed by atoms with E-state index in [2.05, 4.69) is 341 Å². The molecule has 0 unspecified atom stereocenters. The van der Waals surface area contributed by atoms with Crippen molar-refractivity contribution < 1.29 is 30.6 Å². The lowest BCUT2D eigenvalue weighted by atomic mass is 9.85. The summed E-state index contributed by atoms with van der Waals surface area (Å²) < 4.78 is 69.7. The first-order valence-electron chi connectivity index (χ1n) is 35.8. The number of ketones is 1. The molecular formula is C99H65Br3F3IO4S. The molecular weight excluding hydrogens is 1710 g/mol. The summed E-state index contributed by atoms with van der Waals surface area (Å²) in [5.74, 6) is -0.154. The molecule has 0 aliphatic heterocycles. The van der Waals surface area contributed by atoms with Crippen molar-refractivity contribution in [3.8, 4) is 39.1 Å². The van der Waals surface area contributed by atoms with Gasteiger partial charge in [-0.2, -0.15) is 21.6 Å². The van der Waals surface area contributed by atoms with Crippen molar-refractivity contribution in [1.82, 2.24) is 0 Å². The van der Waals surface area contributed by atoms with Gasteiger partial charge in [0.1, 0.15) is 0 Å². The smallest absolute Gasteiger partial charge is 0.375 e. The molecule has 111 heavy (non-hydrogen) atoms. The van der Waals surface area contributed by atoms with E-state index < -0.39 is 15.6 Å². The van der Waals surface area contributed by atoms with Crippen LogP contribution in [0.15, 0.2) is 396 Å². The van der Waals surface area contributed by atoms with Crippen molar-refractivity contribution in [3.63, 3.8) is 0 Å². The number of alkyl halides is 3. The third-order valence-electron chi connectivity index (χ3n) is 19.6. The standard InChI is InChI=1S/C24H15Br.C24H16.C16H11Br.C15H9F3O3S.C14H10O.C6H4BrI/c25-24-21-11-5-3-9-19(21)23(20-10-4-6-12-22(20)24)18-14-13-16-7-1-2-8-17(16)15-18;1-2-8-18-15-21(14-13-17(18)7-1)24-22-11-5-3-9-19(22)16-20-10-4-6-12-23(20)24;17-14-10-8-13(9-11-14)16-7-3-5-12-4-1-2-6-15(12)16;16-15(17,18)22(19,20)21-14-12-7-3-1-5-10(12)9-11-6-2-4-8-13(11)14;15-14-12-7-3-1-5-10(12)9-11-6-2-4-8-13(11)14;7-5-1-3-6(8)4-2-5/h1-15H;1-16H;1-11H;1-9H;1-8H,9H2;1-4H. The largest absolute Gasteiger partial charge is 0.534 e. The van der Waals surface area contributed by atoms with Crippen LogP contribution in [0.2, 0.25) is 0 Å². The Labute approximate surface area is 680 Å². The van der Waals surface area contributed by atoms with Gasteiger partial charge in [0.25, 0.3) is 0 Å². The molecule has 540 valence electrons. The molecule has 4 nitrogen and oxygen atoms in total. The van der Waals surface area contributed by atoms with E-state index in [1.54, 1.807) is 42.5 Å². The lowest BCUT2D eigenvalue weighted by Crippen LogP contribution is -2.28. The number of carbonyl (C=O) groups is 1. The molecule has 0 heterocycles. The summed E-state index contributed by atoms with van der Waals surface area (Å²) in [4.78, 5) is 12.1. The third-order valence-corrected chi connectivity index (χ3v) is 23.1. The van der Waals surface area contributed by atoms with Crippen LogP contribution in [0.3, 0.4) is 0 Å². The second-order valence-corrected chi connectivity index (χ2v) is 31.9. The third kappa shape index (κ3) is 16.7. The molecule has 0 saturated heterocycles. The zero-order valence-electron chi connectivity index (χ0n) is 59.3. The van der Waals surface area contributed by atoms with Crippen molar-refractivity contribution in [3.05, 3.63) is 421 Å². The fraction of sp³-hybridized carbons (Fsp3) is 0.0202. The van der Waals surface area contributed by atoms with Crippen molar-refractivity contribution in [2.75, 3.05) is 0 Å². The Kier molecular flexibility index (Phi) is 22.8. The highest BCUT2D eigenvalue weighted by Crippen LogP contribution is 2.44. The van der Waals surface area contributed by atoms with E-state index in [1.165, 1.54) is 129 Å². The van der Waals surface area contributed by atoms with Crippen LogP contribution in [0, 0.1) is 3.57 Å². The van der Waals surface area contributed by atoms with Crippen LogP contribution < -0.4 is 4.18 Å². The molecule has 0 fully saturated rings. The number of benzene rings is 19. The van der Waals surface area contributed by atoms with Gasteiger partial charge in [-0.1, -0.05) is 353 Å². The van der Waals surface area contributed by atoms with E-state index in [0.29, 0.717) is 21.5 Å². The second-order valence-electron chi connectivity index (χ2n) is 26.5. The van der Waals surface area contributed by atoms with Crippen molar-refractivity contribution in [2.45, 2.75) is 11.9 Å². The minimum Gasteiger partial charge on any atom is -0.375 e. The Morgan fingerprint density at radius 2 is 0.622 bits per heavy atom. The SMILES string of the molecule is Brc1c2ccccc2c(-c2ccc3ccccc3c2)c2ccccc12.Brc1ccc(-c2cccc3ccccc23)cc1.Brc1ccc(I)cc1.O=C1c2ccccc2Cc2ccccc21.O=S(=O)(Oc1c2ccccc2cc2ccccc12)C(F)(F)F.c1ccc2cc(-c3c4ccccc4cc4ccccc34)ccc2c1. The van der Waals surface area contributed by atoms with Crippen molar-refractivity contribution in [1.29, 1.82) is 0 Å².